The molecule has 3 aromatic carbocycles. The van der Waals surface area contributed by atoms with Gasteiger partial charge in [-0.2, -0.15) is 5.10 Å². The molecule has 0 fully saturated rings. The summed E-state index contributed by atoms with van der Waals surface area (Å²) in [6, 6.07) is 14.9. The van der Waals surface area contributed by atoms with Crippen molar-refractivity contribution in [3.05, 3.63) is 115 Å². The van der Waals surface area contributed by atoms with Crippen LogP contribution in [0.4, 0.5) is 15.9 Å². The van der Waals surface area contributed by atoms with E-state index in [9.17, 15) is 19.3 Å². The van der Waals surface area contributed by atoms with Gasteiger partial charge < -0.3 is 10.1 Å². The summed E-state index contributed by atoms with van der Waals surface area (Å²) in [5, 5.41) is 18.2. The monoisotopic (exact) mass is 548 g/mol. The number of anilines is 1. The first kappa shape index (κ1) is 25.4. The zero-order valence-corrected chi connectivity index (χ0v) is 20.5. The topological polar surface area (TPSA) is 99.3 Å². The molecule has 12 heteroatoms. The molecule has 1 N–H and O–H groups in total. The molecule has 0 saturated heterocycles. The van der Waals surface area contributed by atoms with E-state index in [1.165, 1.54) is 41.2 Å². The fraction of sp³-hybridized carbons (Fsp3) is 0.0833. The maximum Gasteiger partial charge on any atom is 0.271 e. The molecule has 0 aliphatic carbocycles. The number of nitro groups is 1. The van der Waals surface area contributed by atoms with Gasteiger partial charge in [0.2, 0.25) is 0 Å². The first-order chi connectivity index (χ1) is 17.2. The molecule has 1 aromatic heterocycles. The van der Waals surface area contributed by atoms with Gasteiger partial charge in [-0.3, -0.25) is 19.6 Å². The highest BCUT2D eigenvalue weighted by Gasteiger charge is 2.15. The smallest absolute Gasteiger partial charge is 0.271 e. The number of nitrogens with one attached hydrogen (secondary N) is 1. The summed E-state index contributed by atoms with van der Waals surface area (Å²) in [6.45, 7) is 0.169. The minimum absolute atomic E-state index is 0.0363. The minimum atomic E-state index is -0.546. The molecule has 0 radical (unpaired) electrons. The van der Waals surface area contributed by atoms with Crippen molar-refractivity contribution in [2.24, 2.45) is 0 Å². The number of hydrogen-bond donors (Lipinski definition) is 1. The zero-order chi connectivity index (χ0) is 25.8. The summed E-state index contributed by atoms with van der Waals surface area (Å²) >= 11 is 18.3. The third-order valence-corrected chi connectivity index (χ3v) is 5.99. The second kappa shape index (κ2) is 10.9. The Labute approximate surface area is 219 Å². The van der Waals surface area contributed by atoms with Crippen molar-refractivity contribution >= 4 is 52.2 Å². The van der Waals surface area contributed by atoms with Crippen LogP contribution in [-0.2, 0) is 13.2 Å². The molecule has 4 aromatic rings. The van der Waals surface area contributed by atoms with E-state index in [4.69, 9.17) is 39.5 Å². The number of amides is 1. The van der Waals surface area contributed by atoms with Crippen molar-refractivity contribution in [3.63, 3.8) is 0 Å². The number of non-ortho nitro benzene ring substituents is 1. The quantitative estimate of drug-likeness (QED) is 0.193. The van der Waals surface area contributed by atoms with Gasteiger partial charge in [0.05, 0.1) is 16.5 Å². The molecular formula is C24H16Cl3FN4O4. The zero-order valence-electron chi connectivity index (χ0n) is 18.3. The molecule has 36 heavy (non-hydrogen) atoms. The van der Waals surface area contributed by atoms with Crippen molar-refractivity contribution in [1.29, 1.82) is 0 Å². The first-order valence-electron chi connectivity index (χ1n) is 10.3. The third kappa shape index (κ3) is 5.93. The van der Waals surface area contributed by atoms with Crippen molar-refractivity contribution in [1.82, 2.24) is 9.78 Å². The summed E-state index contributed by atoms with van der Waals surface area (Å²) in [4.78, 5) is 22.9. The van der Waals surface area contributed by atoms with Crippen molar-refractivity contribution in [2.75, 3.05) is 5.32 Å². The molecule has 8 nitrogen and oxygen atoms in total. The Kier molecular flexibility index (Phi) is 7.73. The highest BCUT2D eigenvalue weighted by Crippen LogP contribution is 2.29. The first-order valence-corrected chi connectivity index (χ1v) is 11.5. The van der Waals surface area contributed by atoms with Gasteiger partial charge in [-0.05, 0) is 35.9 Å². The fourth-order valence-electron chi connectivity index (χ4n) is 3.22. The average Bonchev–Trinajstić information content (AvgIpc) is 3.19. The van der Waals surface area contributed by atoms with E-state index in [1.807, 2.05) is 0 Å². The minimum Gasteiger partial charge on any atom is -0.487 e. The van der Waals surface area contributed by atoms with Gasteiger partial charge >= 0.3 is 0 Å². The van der Waals surface area contributed by atoms with Crippen LogP contribution in [0, 0.1) is 15.9 Å². The molecule has 4 rings (SSSR count). The van der Waals surface area contributed by atoms with Crippen LogP contribution in [0.2, 0.25) is 15.1 Å². The Bertz CT molecular complexity index is 1420. The largest absolute Gasteiger partial charge is 0.487 e. The van der Waals surface area contributed by atoms with E-state index < -0.39 is 16.6 Å². The number of benzene rings is 3. The average molecular weight is 550 g/mol. The van der Waals surface area contributed by atoms with E-state index in [0.29, 0.717) is 11.3 Å². The lowest BCUT2D eigenvalue weighted by Crippen LogP contribution is -2.13. The standard InChI is InChI=1S/C24H16Cl3FN4O4/c25-18-2-1-3-21(28)17(18)11-31-12-20(27)23(30-31)29-24(33)15-6-4-14(5-7-15)13-36-22-9-8-16(32(34)35)10-19(22)26/h1-10,12H,11,13H2,(H,29,30,33). The van der Waals surface area contributed by atoms with Crippen LogP contribution < -0.4 is 10.1 Å². The summed E-state index contributed by atoms with van der Waals surface area (Å²) in [7, 11) is 0. The van der Waals surface area contributed by atoms with Gasteiger partial charge in [0.25, 0.3) is 11.6 Å². The Morgan fingerprint density at radius 2 is 1.81 bits per heavy atom. The van der Waals surface area contributed by atoms with Gasteiger partial charge in [-0.15, -0.1) is 0 Å². The van der Waals surface area contributed by atoms with Gasteiger partial charge in [-0.1, -0.05) is 53.0 Å². The molecule has 1 heterocycles. The van der Waals surface area contributed by atoms with Gasteiger partial charge in [0, 0.05) is 34.5 Å². The van der Waals surface area contributed by atoms with Crippen LogP contribution in [0.5, 0.6) is 5.75 Å². The molecule has 0 atom stereocenters. The Hall–Kier alpha value is -3.66. The Morgan fingerprint density at radius 3 is 2.47 bits per heavy atom. The summed E-state index contributed by atoms with van der Waals surface area (Å²) in [6.07, 6.45) is 1.46. The number of aromatic nitrogens is 2. The van der Waals surface area contributed by atoms with E-state index >= 15 is 0 Å². The number of ether oxygens (including phenoxy) is 1. The number of hydrogen-bond acceptors (Lipinski definition) is 5. The highest BCUT2D eigenvalue weighted by atomic mass is 35.5. The SMILES string of the molecule is O=C(Nc1nn(Cc2c(F)cccc2Cl)cc1Cl)c1ccc(COc2ccc([N+](=O)[O-])cc2Cl)cc1. The van der Waals surface area contributed by atoms with Crippen LogP contribution in [0.3, 0.4) is 0 Å². The Balaban J connectivity index is 1.38. The third-order valence-electron chi connectivity index (χ3n) is 5.07. The summed E-state index contributed by atoms with van der Waals surface area (Å²) in [5.41, 5.74) is 1.20. The van der Waals surface area contributed by atoms with Gasteiger partial charge in [0.1, 0.15) is 23.2 Å². The van der Waals surface area contributed by atoms with E-state index in [-0.39, 0.29) is 45.3 Å². The lowest BCUT2D eigenvalue weighted by molar-refractivity contribution is -0.384. The van der Waals surface area contributed by atoms with E-state index in [1.54, 1.807) is 30.3 Å². The fourth-order valence-corrected chi connectivity index (χ4v) is 3.87. The number of nitrogens with zero attached hydrogens (tertiary/aromatic N) is 3. The summed E-state index contributed by atoms with van der Waals surface area (Å²) in [5.74, 6) is -0.503. The second-order valence-corrected chi connectivity index (χ2v) is 8.76. The molecule has 0 spiro atoms. The molecule has 184 valence electrons. The van der Waals surface area contributed by atoms with Gasteiger partial charge in [-0.25, -0.2) is 4.39 Å². The number of nitro benzene ring substituents is 1. The predicted molar refractivity (Wildman–Crippen MR) is 135 cm³/mol. The van der Waals surface area contributed by atoms with Crippen LogP contribution in [-0.4, -0.2) is 20.6 Å². The Morgan fingerprint density at radius 1 is 1.06 bits per heavy atom. The lowest BCUT2D eigenvalue weighted by atomic mass is 10.1. The van der Waals surface area contributed by atoms with Crippen molar-refractivity contribution < 1.29 is 18.8 Å². The molecule has 1 amide bonds. The molecule has 0 unspecified atom stereocenters. The maximum absolute atomic E-state index is 14.1. The van der Waals surface area contributed by atoms with Crippen molar-refractivity contribution in [2.45, 2.75) is 13.2 Å². The molecule has 0 aliphatic rings. The van der Waals surface area contributed by atoms with Crippen LogP contribution in [0.25, 0.3) is 0 Å². The van der Waals surface area contributed by atoms with Crippen LogP contribution >= 0.6 is 34.8 Å². The predicted octanol–water partition coefficient (Wildman–Crippen LogP) is 6.77. The van der Waals surface area contributed by atoms with Crippen LogP contribution in [0.1, 0.15) is 21.5 Å². The molecular weight excluding hydrogens is 534 g/mol. The second-order valence-electron chi connectivity index (χ2n) is 7.53. The van der Waals surface area contributed by atoms with Crippen molar-refractivity contribution in [3.8, 4) is 5.75 Å². The molecule has 0 aliphatic heterocycles. The molecule has 0 bridgehead atoms. The number of rotatable bonds is 8. The van der Waals surface area contributed by atoms with Crippen LogP contribution in [0.15, 0.2) is 66.9 Å². The number of carbonyl (C=O) groups is 1. The van der Waals surface area contributed by atoms with E-state index in [2.05, 4.69) is 10.4 Å². The van der Waals surface area contributed by atoms with E-state index in [0.717, 1.165) is 5.56 Å². The number of carbonyl (C=O) groups excluding carboxylic acids is 1. The normalized spacial score (nSPS) is 10.8. The van der Waals surface area contributed by atoms with Gasteiger partial charge in [0.15, 0.2) is 5.82 Å². The maximum atomic E-state index is 14.1. The highest BCUT2D eigenvalue weighted by molar-refractivity contribution is 6.33. The molecule has 0 saturated carbocycles. The number of halogens is 4. The lowest BCUT2D eigenvalue weighted by Gasteiger charge is -2.09. The summed E-state index contributed by atoms with van der Waals surface area (Å²) < 4.78 is 21.1.